The third kappa shape index (κ3) is 3.56. The summed E-state index contributed by atoms with van der Waals surface area (Å²) < 4.78 is 29.3. The summed E-state index contributed by atoms with van der Waals surface area (Å²) in [7, 11) is -1.65. The summed E-state index contributed by atoms with van der Waals surface area (Å²) in [6.45, 7) is 0. The molecule has 0 atom stereocenters. The van der Waals surface area contributed by atoms with Gasteiger partial charge in [0.15, 0.2) is 5.03 Å². The van der Waals surface area contributed by atoms with Crippen molar-refractivity contribution >= 4 is 26.7 Å². The van der Waals surface area contributed by atoms with Crippen LogP contribution in [0.3, 0.4) is 0 Å². The van der Waals surface area contributed by atoms with Gasteiger partial charge < -0.3 is 9.55 Å². The minimum Gasteiger partial charge on any atom is -0.334 e. The summed E-state index contributed by atoms with van der Waals surface area (Å²) in [5, 5.41) is 0.0348. The summed E-state index contributed by atoms with van der Waals surface area (Å²) in [5.41, 5.74) is 3.64. The molecule has 8 heteroatoms. The zero-order valence-electron chi connectivity index (χ0n) is 14.8. The Morgan fingerprint density at radius 3 is 2.74 bits per heavy atom. The number of hydrogen-bond acceptors (Lipinski definition) is 4. The third-order valence-electron chi connectivity index (χ3n) is 4.46. The highest BCUT2D eigenvalue weighted by Gasteiger charge is 2.15. The van der Waals surface area contributed by atoms with Crippen molar-refractivity contribution < 1.29 is 8.42 Å². The van der Waals surface area contributed by atoms with Crippen LogP contribution in [0, 0.1) is 0 Å². The van der Waals surface area contributed by atoms with Crippen molar-refractivity contribution in [3.05, 3.63) is 72.4 Å². The predicted octanol–water partition coefficient (Wildman–Crippen LogP) is 2.88. The maximum absolute atomic E-state index is 12.3. The van der Waals surface area contributed by atoms with E-state index in [2.05, 4.69) is 30.3 Å². The highest BCUT2D eigenvalue weighted by molar-refractivity contribution is 7.92. The zero-order valence-corrected chi connectivity index (χ0v) is 15.6. The molecule has 0 radical (unpaired) electrons. The van der Waals surface area contributed by atoms with Gasteiger partial charge in [0.25, 0.3) is 10.0 Å². The number of hydrogen-bond donors (Lipinski definition) is 2. The Labute approximate surface area is 157 Å². The zero-order chi connectivity index (χ0) is 18.9. The van der Waals surface area contributed by atoms with Gasteiger partial charge in [0, 0.05) is 19.2 Å². The average Bonchev–Trinajstić information content (AvgIpc) is 3.30. The average molecular weight is 381 g/mol. The predicted molar refractivity (Wildman–Crippen MR) is 104 cm³/mol. The number of nitrogens with zero attached hydrogens (tertiary/aromatic N) is 3. The van der Waals surface area contributed by atoms with Crippen molar-refractivity contribution in [3.63, 3.8) is 0 Å². The van der Waals surface area contributed by atoms with Crippen molar-refractivity contribution in [1.82, 2.24) is 19.5 Å². The second-order valence-corrected chi connectivity index (χ2v) is 7.95. The van der Waals surface area contributed by atoms with Crippen LogP contribution in [0.5, 0.6) is 0 Å². The van der Waals surface area contributed by atoms with Gasteiger partial charge in [0.05, 0.1) is 23.6 Å². The number of rotatable bonds is 6. The lowest BCUT2D eigenvalue weighted by Gasteiger charge is -2.08. The van der Waals surface area contributed by atoms with E-state index in [9.17, 15) is 8.42 Å². The largest absolute Gasteiger partial charge is 0.334 e. The minimum atomic E-state index is -3.66. The standard InChI is InChI=1S/C19H19N5O2S/c1-24-17-8-3-2-7-16(17)22-18(24)10-9-14-5-4-6-15(11-14)23-27(25,26)19-12-20-13-21-19/h2-8,11-13,23H,9-10H2,1H3,(H,20,21). The van der Waals surface area contributed by atoms with Crippen LogP contribution < -0.4 is 4.72 Å². The van der Waals surface area contributed by atoms with Crippen molar-refractivity contribution in [1.29, 1.82) is 0 Å². The Kier molecular flexibility index (Phi) is 4.41. The molecule has 0 spiro atoms. The molecular formula is C19H19N5O2S. The van der Waals surface area contributed by atoms with E-state index in [1.807, 2.05) is 43.4 Å². The molecule has 2 aromatic heterocycles. The molecule has 0 fully saturated rings. The summed E-state index contributed by atoms with van der Waals surface area (Å²) >= 11 is 0. The highest BCUT2D eigenvalue weighted by Crippen LogP contribution is 2.19. The van der Waals surface area contributed by atoms with Crippen LogP contribution in [-0.4, -0.2) is 27.9 Å². The number of fused-ring (bicyclic) bond motifs is 1. The molecule has 2 aromatic carbocycles. The molecule has 0 bridgehead atoms. The van der Waals surface area contributed by atoms with Crippen LogP contribution in [0.1, 0.15) is 11.4 Å². The molecular weight excluding hydrogens is 362 g/mol. The van der Waals surface area contributed by atoms with Crippen LogP contribution in [-0.2, 0) is 29.9 Å². The van der Waals surface area contributed by atoms with Gasteiger partial charge in [-0.05, 0) is 36.2 Å². The number of para-hydroxylation sites is 2. The Morgan fingerprint density at radius 2 is 1.96 bits per heavy atom. The molecule has 138 valence electrons. The third-order valence-corrected chi connectivity index (χ3v) is 5.77. The molecule has 2 N–H and O–H groups in total. The molecule has 0 aliphatic heterocycles. The molecule has 27 heavy (non-hydrogen) atoms. The second-order valence-electron chi connectivity index (χ2n) is 6.30. The number of aryl methyl sites for hydroxylation is 3. The van der Waals surface area contributed by atoms with Crippen LogP contribution in [0.4, 0.5) is 5.69 Å². The monoisotopic (exact) mass is 381 g/mol. The van der Waals surface area contributed by atoms with Gasteiger partial charge in [-0.25, -0.2) is 9.97 Å². The summed E-state index contributed by atoms with van der Waals surface area (Å²) in [5.74, 6) is 1.000. The molecule has 7 nitrogen and oxygen atoms in total. The van der Waals surface area contributed by atoms with Crippen LogP contribution >= 0.6 is 0 Å². The van der Waals surface area contributed by atoms with Crippen LogP contribution in [0.15, 0.2) is 66.1 Å². The molecule has 2 heterocycles. The summed E-state index contributed by atoms with van der Waals surface area (Å²) in [6.07, 6.45) is 4.14. The fourth-order valence-corrected chi connectivity index (χ4v) is 4.02. The number of H-pyrrole nitrogens is 1. The maximum Gasteiger partial charge on any atom is 0.278 e. The molecule has 4 rings (SSSR count). The number of benzene rings is 2. The molecule has 0 saturated carbocycles. The van der Waals surface area contributed by atoms with E-state index in [1.165, 1.54) is 12.5 Å². The van der Waals surface area contributed by atoms with Gasteiger partial charge in [-0.3, -0.25) is 4.72 Å². The van der Waals surface area contributed by atoms with Gasteiger partial charge in [0.1, 0.15) is 5.82 Å². The highest BCUT2D eigenvalue weighted by atomic mass is 32.2. The van der Waals surface area contributed by atoms with E-state index in [0.29, 0.717) is 5.69 Å². The number of aromatic amines is 1. The molecule has 0 saturated heterocycles. The lowest BCUT2D eigenvalue weighted by atomic mass is 10.1. The Morgan fingerprint density at radius 1 is 1.11 bits per heavy atom. The van der Waals surface area contributed by atoms with Crippen molar-refractivity contribution in [2.24, 2.45) is 7.05 Å². The van der Waals surface area contributed by atoms with E-state index in [4.69, 9.17) is 0 Å². The summed E-state index contributed by atoms with van der Waals surface area (Å²) in [6, 6.07) is 15.4. The quantitative estimate of drug-likeness (QED) is 0.537. The molecule has 0 aliphatic rings. The lowest BCUT2D eigenvalue weighted by molar-refractivity contribution is 0.598. The van der Waals surface area contributed by atoms with Gasteiger partial charge in [-0.1, -0.05) is 24.3 Å². The van der Waals surface area contributed by atoms with Crippen molar-refractivity contribution in [2.75, 3.05) is 4.72 Å². The van der Waals surface area contributed by atoms with E-state index in [0.717, 1.165) is 35.3 Å². The number of nitrogens with one attached hydrogen (secondary N) is 2. The van der Waals surface area contributed by atoms with E-state index in [1.54, 1.807) is 6.07 Å². The number of sulfonamides is 1. The first-order valence-electron chi connectivity index (χ1n) is 8.53. The number of aromatic nitrogens is 4. The Bertz CT molecular complexity index is 1180. The van der Waals surface area contributed by atoms with E-state index < -0.39 is 10.0 Å². The molecule has 4 aromatic rings. The minimum absolute atomic E-state index is 0.0348. The smallest absolute Gasteiger partial charge is 0.278 e. The van der Waals surface area contributed by atoms with E-state index >= 15 is 0 Å². The second kappa shape index (κ2) is 6.88. The van der Waals surface area contributed by atoms with Gasteiger partial charge in [-0.2, -0.15) is 8.42 Å². The van der Waals surface area contributed by atoms with Crippen LogP contribution in [0.25, 0.3) is 11.0 Å². The Hall–Kier alpha value is -3.13. The number of imidazole rings is 2. The fourth-order valence-electron chi connectivity index (χ4n) is 3.07. The first kappa shape index (κ1) is 17.3. The summed E-state index contributed by atoms with van der Waals surface area (Å²) in [4.78, 5) is 11.0. The first-order valence-corrected chi connectivity index (χ1v) is 10.0. The Balaban J connectivity index is 1.50. The maximum atomic E-state index is 12.3. The van der Waals surface area contributed by atoms with Crippen LogP contribution in [0.2, 0.25) is 0 Å². The van der Waals surface area contributed by atoms with Crippen molar-refractivity contribution in [3.8, 4) is 0 Å². The lowest BCUT2D eigenvalue weighted by Crippen LogP contribution is -2.13. The normalized spacial score (nSPS) is 11.7. The van der Waals surface area contributed by atoms with Crippen molar-refractivity contribution in [2.45, 2.75) is 17.9 Å². The first-order chi connectivity index (χ1) is 13.0. The van der Waals surface area contributed by atoms with Gasteiger partial charge >= 0.3 is 0 Å². The number of anilines is 1. The molecule has 0 unspecified atom stereocenters. The van der Waals surface area contributed by atoms with Gasteiger partial charge in [-0.15, -0.1) is 0 Å². The fraction of sp³-hybridized carbons (Fsp3) is 0.158. The SMILES string of the molecule is Cn1c(CCc2cccc(NS(=O)(=O)c3cnc[nH]3)c2)nc2ccccc21. The molecule has 0 aliphatic carbocycles. The van der Waals surface area contributed by atoms with E-state index in [-0.39, 0.29) is 5.03 Å². The topological polar surface area (TPSA) is 92.7 Å². The molecule has 0 amide bonds. The van der Waals surface area contributed by atoms with Gasteiger partial charge in [0.2, 0.25) is 0 Å².